The van der Waals surface area contributed by atoms with Crippen LogP contribution in [-0.4, -0.2) is 56.1 Å². The molecule has 0 aromatic carbocycles. The predicted molar refractivity (Wildman–Crippen MR) is 131 cm³/mol. The van der Waals surface area contributed by atoms with Gasteiger partial charge >= 0.3 is 5.92 Å². The highest BCUT2D eigenvalue weighted by molar-refractivity contribution is 5.89. The molecule has 3 N–H and O–H groups in total. The van der Waals surface area contributed by atoms with Crippen LogP contribution in [0.3, 0.4) is 0 Å². The summed E-state index contributed by atoms with van der Waals surface area (Å²) in [4.78, 5) is 34.1. The van der Waals surface area contributed by atoms with Crippen LogP contribution in [0, 0.1) is 0 Å². The fourth-order valence-electron chi connectivity index (χ4n) is 2.90. The Kier molecular flexibility index (Phi) is 9.88. The van der Waals surface area contributed by atoms with Gasteiger partial charge in [-0.2, -0.15) is 8.78 Å². The van der Waals surface area contributed by atoms with Crippen LogP contribution >= 0.6 is 0 Å². The number of nitrogens with zero attached hydrogens (tertiary/aromatic N) is 6. The molecule has 0 bridgehead atoms. The second-order valence-corrected chi connectivity index (χ2v) is 7.57. The minimum atomic E-state index is -3.19. The molecule has 3 aromatic rings. The standard InChI is InChI=1S/C21H24F2N8O.C2H6O/c1-5-8-31(4)19-12-25-16(11-27-19)14-10-26-18(28-13(2)32)9-15(14)29-17-6-7-24-20(30-17)21(3,22)23;1-2-3/h6-7,9-12H,5,8H2,1-4H3,(H2,24,26,28,29,30,32);3H,2H2,1H3. The van der Waals surface area contributed by atoms with Gasteiger partial charge in [-0.15, -0.1) is 0 Å². The van der Waals surface area contributed by atoms with Crippen molar-refractivity contribution in [2.75, 3.05) is 35.7 Å². The SMILES string of the molecule is CCCN(C)c1cnc(-c2cnc(NC(C)=O)cc2Nc2ccnc(C(C)(F)F)n2)cn1.CCO. The van der Waals surface area contributed by atoms with Gasteiger partial charge in [-0.3, -0.25) is 9.78 Å². The van der Waals surface area contributed by atoms with E-state index in [2.05, 4.69) is 42.5 Å². The van der Waals surface area contributed by atoms with Gasteiger partial charge in [0, 0.05) is 58.1 Å². The zero-order valence-electron chi connectivity index (χ0n) is 20.4. The van der Waals surface area contributed by atoms with E-state index in [-0.39, 0.29) is 24.1 Å². The van der Waals surface area contributed by atoms with E-state index in [1.54, 1.807) is 25.4 Å². The molecule has 0 aliphatic heterocycles. The van der Waals surface area contributed by atoms with Gasteiger partial charge in [0.05, 0.1) is 23.8 Å². The van der Waals surface area contributed by atoms with Crippen molar-refractivity contribution in [2.24, 2.45) is 0 Å². The fourth-order valence-corrected chi connectivity index (χ4v) is 2.90. The number of carbonyl (C=O) groups is 1. The summed E-state index contributed by atoms with van der Waals surface area (Å²) in [7, 11) is 1.93. The molecule has 3 heterocycles. The number of rotatable bonds is 8. The number of anilines is 4. The monoisotopic (exact) mass is 488 g/mol. The third-order valence-electron chi connectivity index (χ3n) is 4.38. The molecule has 0 radical (unpaired) electrons. The molecule has 188 valence electrons. The molecule has 1 amide bonds. The molecule has 0 unspecified atom stereocenters. The third kappa shape index (κ3) is 8.18. The number of aromatic nitrogens is 5. The predicted octanol–water partition coefficient (Wildman–Crippen LogP) is 3.99. The topological polar surface area (TPSA) is 129 Å². The molecular weight excluding hydrogens is 458 g/mol. The summed E-state index contributed by atoms with van der Waals surface area (Å²) < 4.78 is 27.3. The maximum atomic E-state index is 13.7. The normalized spacial score (nSPS) is 10.7. The van der Waals surface area contributed by atoms with E-state index >= 15 is 0 Å². The maximum absolute atomic E-state index is 13.7. The Hall–Kier alpha value is -3.80. The first-order valence-electron chi connectivity index (χ1n) is 11.0. The number of alkyl halides is 2. The number of nitrogens with one attached hydrogen (secondary N) is 2. The molecule has 0 saturated heterocycles. The van der Waals surface area contributed by atoms with Gasteiger partial charge in [0.15, 0.2) is 0 Å². The molecular formula is C23H30F2N8O2. The van der Waals surface area contributed by atoms with E-state index in [0.717, 1.165) is 25.7 Å². The molecule has 3 aromatic heterocycles. The van der Waals surface area contributed by atoms with Crippen LogP contribution in [-0.2, 0) is 10.7 Å². The molecule has 35 heavy (non-hydrogen) atoms. The van der Waals surface area contributed by atoms with Gasteiger partial charge in [0.1, 0.15) is 17.5 Å². The molecule has 0 saturated carbocycles. The van der Waals surface area contributed by atoms with Crippen molar-refractivity contribution in [2.45, 2.75) is 40.0 Å². The van der Waals surface area contributed by atoms with Crippen LogP contribution in [0.5, 0.6) is 0 Å². The van der Waals surface area contributed by atoms with Crippen molar-refractivity contribution in [3.8, 4) is 11.3 Å². The first-order chi connectivity index (χ1) is 16.6. The smallest absolute Gasteiger partial charge is 0.303 e. The molecule has 0 aliphatic rings. The van der Waals surface area contributed by atoms with Crippen LogP contribution in [0.1, 0.15) is 39.9 Å². The Balaban J connectivity index is 0.00000137. The Bertz CT molecular complexity index is 1110. The lowest BCUT2D eigenvalue weighted by Crippen LogP contribution is -2.19. The van der Waals surface area contributed by atoms with Gasteiger partial charge < -0.3 is 20.6 Å². The summed E-state index contributed by atoms with van der Waals surface area (Å²) in [5.74, 6) is -2.93. The van der Waals surface area contributed by atoms with Gasteiger partial charge in [-0.25, -0.2) is 19.9 Å². The molecule has 12 heteroatoms. The van der Waals surface area contributed by atoms with E-state index < -0.39 is 11.7 Å². The second kappa shape index (κ2) is 12.6. The lowest BCUT2D eigenvalue weighted by molar-refractivity contribution is -0.114. The lowest BCUT2D eigenvalue weighted by atomic mass is 10.1. The average molecular weight is 489 g/mol. The highest BCUT2D eigenvalue weighted by Gasteiger charge is 2.28. The van der Waals surface area contributed by atoms with E-state index in [1.807, 2.05) is 11.9 Å². The van der Waals surface area contributed by atoms with Crippen molar-refractivity contribution < 1.29 is 18.7 Å². The largest absolute Gasteiger partial charge is 0.397 e. The van der Waals surface area contributed by atoms with Crippen LogP contribution < -0.4 is 15.5 Å². The summed E-state index contributed by atoms with van der Waals surface area (Å²) >= 11 is 0. The first kappa shape index (κ1) is 27.4. The Morgan fingerprint density at radius 2 is 1.83 bits per heavy atom. The first-order valence-corrected chi connectivity index (χ1v) is 11.0. The number of amides is 1. The Morgan fingerprint density at radius 3 is 2.40 bits per heavy atom. The van der Waals surface area contributed by atoms with E-state index in [1.165, 1.54) is 25.4 Å². The van der Waals surface area contributed by atoms with Crippen LogP contribution in [0.2, 0.25) is 0 Å². The fraction of sp³-hybridized carbons (Fsp3) is 0.391. The van der Waals surface area contributed by atoms with Gasteiger partial charge in [-0.1, -0.05) is 6.92 Å². The minimum absolute atomic E-state index is 0.157. The van der Waals surface area contributed by atoms with E-state index in [0.29, 0.717) is 16.9 Å². The maximum Gasteiger partial charge on any atom is 0.303 e. The summed E-state index contributed by atoms with van der Waals surface area (Å²) in [5, 5.41) is 13.2. The number of aliphatic hydroxyl groups is 1. The van der Waals surface area contributed by atoms with Crippen molar-refractivity contribution in [1.82, 2.24) is 24.9 Å². The van der Waals surface area contributed by atoms with Crippen molar-refractivity contribution in [1.29, 1.82) is 0 Å². The molecule has 0 fully saturated rings. The highest BCUT2D eigenvalue weighted by Crippen LogP contribution is 2.31. The van der Waals surface area contributed by atoms with Crippen LogP contribution in [0.25, 0.3) is 11.3 Å². The Labute approximate surface area is 202 Å². The molecule has 0 atom stereocenters. The van der Waals surface area contributed by atoms with E-state index in [4.69, 9.17) is 5.11 Å². The molecule has 0 spiro atoms. The van der Waals surface area contributed by atoms with Crippen molar-refractivity contribution in [3.63, 3.8) is 0 Å². The zero-order valence-corrected chi connectivity index (χ0v) is 20.4. The average Bonchev–Trinajstić information content (AvgIpc) is 2.79. The van der Waals surface area contributed by atoms with Crippen molar-refractivity contribution in [3.05, 3.63) is 42.7 Å². The second-order valence-electron chi connectivity index (χ2n) is 7.57. The Morgan fingerprint density at radius 1 is 1.11 bits per heavy atom. The number of hydrogen-bond donors (Lipinski definition) is 3. The number of hydrogen-bond acceptors (Lipinski definition) is 9. The number of carbonyl (C=O) groups excluding carboxylic acids is 1. The number of aliphatic hydroxyl groups excluding tert-OH is 1. The molecule has 3 rings (SSSR count). The van der Waals surface area contributed by atoms with Gasteiger partial charge in [0.2, 0.25) is 11.7 Å². The lowest BCUT2D eigenvalue weighted by Gasteiger charge is -2.17. The highest BCUT2D eigenvalue weighted by atomic mass is 19.3. The zero-order chi connectivity index (χ0) is 26.0. The van der Waals surface area contributed by atoms with Crippen molar-refractivity contribution >= 4 is 29.0 Å². The van der Waals surface area contributed by atoms with E-state index in [9.17, 15) is 13.6 Å². The van der Waals surface area contributed by atoms with Crippen LogP contribution in [0.15, 0.2) is 36.9 Å². The third-order valence-corrected chi connectivity index (χ3v) is 4.38. The molecule has 10 nitrogen and oxygen atoms in total. The number of pyridine rings is 1. The summed E-state index contributed by atoms with van der Waals surface area (Å²) in [6.45, 7) is 6.93. The quantitative estimate of drug-likeness (QED) is 0.431. The summed E-state index contributed by atoms with van der Waals surface area (Å²) in [6.07, 6.45) is 6.99. The van der Waals surface area contributed by atoms with Gasteiger partial charge in [-0.05, 0) is 19.4 Å². The number of halogens is 2. The van der Waals surface area contributed by atoms with Gasteiger partial charge in [0.25, 0.3) is 0 Å². The molecule has 0 aliphatic carbocycles. The summed E-state index contributed by atoms with van der Waals surface area (Å²) in [5.41, 5.74) is 1.52. The minimum Gasteiger partial charge on any atom is -0.397 e. The summed E-state index contributed by atoms with van der Waals surface area (Å²) in [6, 6.07) is 3.04. The van der Waals surface area contributed by atoms with Crippen LogP contribution in [0.4, 0.5) is 31.9 Å².